The average Bonchev–Trinajstić information content (AvgIpc) is 3.20. The summed E-state index contributed by atoms with van der Waals surface area (Å²) >= 11 is 5.25. The maximum Gasteiger partial charge on any atom is 0.270 e. The van der Waals surface area contributed by atoms with Gasteiger partial charge in [0.1, 0.15) is 5.57 Å². The van der Waals surface area contributed by atoms with Crippen LogP contribution < -0.4 is 10.2 Å². The van der Waals surface area contributed by atoms with Crippen LogP contribution in [0.4, 0.5) is 11.4 Å². The van der Waals surface area contributed by atoms with Gasteiger partial charge in [-0.2, -0.15) is 0 Å². The van der Waals surface area contributed by atoms with Crippen molar-refractivity contribution in [1.82, 2.24) is 9.88 Å². The van der Waals surface area contributed by atoms with Gasteiger partial charge in [0.05, 0.1) is 10.6 Å². The minimum Gasteiger partial charge on any atom is -0.317 e. The lowest BCUT2D eigenvalue weighted by molar-refractivity contribution is -0.384. The van der Waals surface area contributed by atoms with E-state index in [2.05, 4.69) is 5.32 Å². The van der Waals surface area contributed by atoms with Gasteiger partial charge in [-0.3, -0.25) is 29.9 Å². The highest BCUT2D eigenvalue weighted by Gasteiger charge is 2.35. The summed E-state index contributed by atoms with van der Waals surface area (Å²) in [5.41, 5.74) is 2.54. The van der Waals surface area contributed by atoms with E-state index >= 15 is 0 Å². The number of hydrogen-bond donors (Lipinski definition) is 1. The zero-order valence-corrected chi connectivity index (χ0v) is 17.1. The number of anilines is 1. The number of nitrogens with one attached hydrogen (secondary N) is 1. The molecule has 0 bridgehead atoms. The molecule has 0 radical (unpaired) electrons. The number of aromatic nitrogens is 1. The third kappa shape index (κ3) is 3.74. The molecule has 1 aromatic heterocycles. The van der Waals surface area contributed by atoms with Gasteiger partial charge < -0.3 is 4.57 Å². The van der Waals surface area contributed by atoms with Gasteiger partial charge in [-0.05, 0) is 61.1 Å². The number of nitro groups is 1. The molecule has 2 heterocycles. The Morgan fingerprint density at radius 3 is 2.42 bits per heavy atom. The van der Waals surface area contributed by atoms with Crippen LogP contribution in [-0.4, -0.2) is 26.4 Å². The molecule has 31 heavy (non-hydrogen) atoms. The van der Waals surface area contributed by atoms with E-state index in [4.69, 9.17) is 12.2 Å². The van der Waals surface area contributed by atoms with Gasteiger partial charge in [-0.15, -0.1) is 0 Å². The zero-order chi connectivity index (χ0) is 22.1. The number of carbonyl (C=O) groups excluding carboxylic acids is 2. The van der Waals surface area contributed by atoms with Gasteiger partial charge >= 0.3 is 0 Å². The van der Waals surface area contributed by atoms with Crippen molar-refractivity contribution in [3.05, 3.63) is 93.8 Å². The van der Waals surface area contributed by atoms with Gasteiger partial charge in [0.15, 0.2) is 5.11 Å². The highest BCUT2D eigenvalue weighted by Crippen LogP contribution is 2.26. The molecule has 1 saturated heterocycles. The zero-order valence-electron chi connectivity index (χ0n) is 16.3. The summed E-state index contributed by atoms with van der Waals surface area (Å²) in [6.07, 6.45) is 3.22. The van der Waals surface area contributed by atoms with Gasteiger partial charge in [-0.25, -0.2) is 0 Å². The number of hydrogen-bond acceptors (Lipinski definition) is 5. The van der Waals surface area contributed by atoms with E-state index in [9.17, 15) is 19.7 Å². The molecule has 1 N–H and O–H groups in total. The number of para-hydroxylation sites is 1. The Labute approximate surface area is 182 Å². The maximum absolute atomic E-state index is 13.2. The van der Waals surface area contributed by atoms with E-state index in [1.807, 2.05) is 19.1 Å². The molecule has 9 heteroatoms. The Balaban J connectivity index is 1.73. The molecule has 0 unspecified atom stereocenters. The molecule has 0 saturated carbocycles. The molecule has 2 aromatic carbocycles. The van der Waals surface area contributed by atoms with E-state index in [-0.39, 0.29) is 16.4 Å². The van der Waals surface area contributed by atoms with Crippen molar-refractivity contribution in [2.24, 2.45) is 0 Å². The first kappa shape index (κ1) is 20.2. The molecular formula is C22H16N4O4S. The quantitative estimate of drug-likeness (QED) is 0.224. The van der Waals surface area contributed by atoms with E-state index in [0.29, 0.717) is 17.1 Å². The molecule has 0 spiro atoms. The van der Waals surface area contributed by atoms with Crippen LogP contribution in [0.25, 0.3) is 11.8 Å². The monoisotopic (exact) mass is 432 g/mol. The van der Waals surface area contributed by atoms with Crippen LogP contribution in [0.15, 0.2) is 72.4 Å². The van der Waals surface area contributed by atoms with Gasteiger partial charge in [0.2, 0.25) is 0 Å². The van der Waals surface area contributed by atoms with Crippen LogP contribution in [0.3, 0.4) is 0 Å². The molecule has 8 nitrogen and oxygen atoms in total. The average molecular weight is 432 g/mol. The molecule has 0 aliphatic carbocycles. The summed E-state index contributed by atoms with van der Waals surface area (Å²) in [5.74, 6) is -1.12. The van der Waals surface area contributed by atoms with Crippen LogP contribution >= 0.6 is 12.2 Å². The maximum atomic E-state index is 13.2. The summed E-state index contributed by atoms with van der Waals surface area (Å²) < 4.78 is 1.72. The normalized spacial score (nSPS) is 15.3. The van der Waals surface area contributed by atoms with E-state index in [0.717, 1.165) is 5.56 Å². The second-order valence-corrected chi connectivity index (χ2v) is 7.21. The fourth-order valence-electron chi connectivity index (χ4n) is 3.32. The van der Waals surface area contributed by atoms with Crippen LogP contribution in [0.1, 0.15) is 11.3 Å². The van der Waals surface area contributed by atoms with E-state index in [1.54, 1.807) is 47.2 Å². The number of nitro benzene ring substituents is 1. The fourth-order valence-corrected chi connectivity index (χ4v) is 3.59. The SMILES string of the molecule is Cc1ccccc1N1C(=O)/C(=C/c2cccn2-c2ccc([N+](=O)[O-])cc2)C(=O)NC1=S. The fraction of sp³-hybridized carbons (Fsp3) is 0.0455. The Kier molecular flexibility index (Phi) is 5.18. The number of nitrogens with zero attached hydrogens (tertiary/aromatic N) is 3. The van der Waals surface area contributed by atoms with Crippen LogP contribution in [0, 0.1) is 17.0 Å². The smallest absolute Gasteiger partial charge is 0.270 e. The Bertz CT molecular complexity index is 1260. The van der Waals surface area contributed by atoms with Gasteiger partial charge in [-0.1, -0.05) is 18.2 Å². The molecule has 154 valence electrons. The van der Waals surface area contributed by atoms with Crippen molar-refractivity contribution in [3.63, 3.8) is 0 Å². The Morgan fingerprint density at radius 1 is 1.03 bits per heavy atom. The molecule has 1 aliphatic rings. The Hall–Kier alpha value is -4.11. The van der Waals surface area contributed by atoms with Crippen LogP contribution in [-0.2, 0) is 9.59 Å². The van der Waals surface area contributed by atoms with Crippen molar-refractivity contribution < 1.29 is 14.5 Å². The first-order valence-corrected chi connectivity index (χ1v) is 9.67. The predicted molar refractivity (Wildman–Crippen MR) is 120 cm³/mol. The third-order valence-electron chi connectivity index (χ3n) is 4.87. The second kappa shape index (κ2) is 7.96. The standard InChI is InChI=1S/C22H16N4O4S/c1-14-5-2-3-7-19(14)25-21(28)18(20(27)23-22(25)31)13-17-6-4-12-24(17)15-8-10-16(11-9-15)26(29)30/h2-13H,1H3,(H,23,27,31)/b18-13+. The molecular weight excluding hydrogens is 416 g/mol. The number of thiocarbonyl (C=S) groups is 1. The lowest BCUT2D eigenvalue weighted by atomic mass is 10.1. The molecule has 1 aliphatic heterocycles. The summed E-state index contributed by atoms with van der Waals surface area (Å²) in [6.45, 7) is 1.85. The van der Waals surface area contributed by atoms with Crippen molar-refractivity contribution in [1.29, 1.82) is 0 Å². The molecule has 2 amide bonds. The molecule has 0 atom stereocenters. The number of carbonyl (C=O) groups is 2. The lowest BCUT2D eigenvalue weighted by Gasteiger charge is -2.30. The number of rotatable bonds is 4. The molecule has 4 rings (SSSR count). The third-order valence-corrected chi connectivity index (χ3v) is 5.15. The second-order valence-electron chi connectivity index (χ2n) is 6.82. The van der Waals surface area contributed by atoms with Gasteiger partial charge in [0, 0.05) is 29.7 Å². The lowest BCUT2D eigenvalue weighted by Crippen LogP contribution is -2.54. The number of non-ortho nitro benzene ring substituents is 1. The summed E-state index contributed by atoms with van der Waals surface area (Å²) in [5, 5.41) is 13.5. The summed E-state index contributed by atoms with van der Waals surface area (Å²) in [6, 6.07) is 16.7. The predicted octanol–water partition coefficient (Wildman–Crippen LogP) is 3.53. The molecule has 3 aromatic rings. The highest BCUT2D eigenvalue weighted by molar-refractivity contribution is 7.80. The van der Waals surface area contributed by atoms with E-state index < -0.39 is 16.7 Å². The van der Waals surface area contributed by atoms with Crippen molar-refractivity contribution in [2.75, 3.05) is 4.90 Å². The van der Waals surface area contributed by atoms with E-state index in [1.165, 1.54) is 23.1 Å². The topological polar surface area (TPSA) is 97.5 Å². The number of aryl methyl sites for hydroxylation is 1. The summed E-state index contributed by atoms with van der Waals surface area (Å²) in [7, 11) is 0. The van der Waals surface area contributed by atoms with Crippen LogP contribution in [0.5, 0.6) is 0 Å². The first-order chi connectivity index (χ1) is 14.9. The minimum absolute atomic E-state index is 0.0206. The largest absolute Gasteiger partial charge is 0.317 e. The van der Waals surface area contributed by atoms with Crippen molar-refractivity contribution in [3.8, 4) is 5.69 Å². The van der Waals surface area contributed by atoms with Gasteiger partial charge in [0.25, 0.3) is 17.5 Å². The number of benzene rings is 2. The molecule has 1 fully saturated rings. The minimum atomic E-state index is -0.587. The van der Waals surface area contributed by atoms with Crippen molar-refractivity contribution >= 4 is 46.6 Å². The Morgan fingerprint density at radius 2 is 1.74 bits per heavy atom. The van der Waals surface area contributed by atoms with Crippen molar-refractivity contribution in [2.45, 2.75) is 6.92 Å². The number of amides is 2. The van der Waals surface area contributed by atoms with Crippen LogP contribution in [0.2, 0.25) is 0 Å². The summed E-state index contributed by atoms with van der Waals surface area (Å²) in [4.78, 5) is 37.5. The highest BCUT2D eigenvalue weighted by atomic mass is 32.1. The first-order valence-electron chi connectivity index (χ1n) is 9.26.